The molecule has 0 aliphatic carbocycles. The van der Waals surface area contributed by atoms with E-state index in [4.69, 9.17) is 23.2 Å². The molecular formula is C17H9Cl2F6N3. The SMILES string of the molecule is FC(F)(F)c1cc(Cl)c(Nc2cc(C(F)(F)F)nn2-c2ccccc2)c(Cl)c1. The van der Waals surface area contributed by atoms with Crippen molar-refractivity contribution in [3.63, 3.8) is 0 Å². The van der Waals surface area contributed by atoms with Gasteiger partial charge in [0.05, 0.1) is 27.0 Å². The zero-order chi connectivity index (χ0) is 20.7. The van der Waals surface area contributed by atoms with Crippen molar-refractivity contribution in [1.82, 2.24) is 9.78 Å². The summed E-state index contributed by atoms with van der Waals surface area (Å²) >= 11 is 11.8. The minimum absolute atomic E-state index is 0.179. The Morgan fingerprint density at radius 3 is 1.89 bits per heavy atom. The van der Waals surface area contributed by atoms with Gasteiger partial charge in [-0.25, -0.2) is 4.68 Å². The first kappa shape index (κ1) is 20.3. The number of alkyl halides is 6. The van der Waals surface area contributed by atoms with E-state index in [1.165, 1.54) is 12.1 Å². The standard InChI is InChI=1S/C17H9Cl2F6N3/c18-11-6-9(16(20,21)22)7-12(19)15(11)26-14-8-13(17(23,24)25)27-28(14)10-4-2-1-3-5-10/h1-8,26H. The lowest BCUT2D eigenvalue weighted by atomic mass is 10.2. The van der Waals surface area contributed by atoms with Gasteiger partial charge in [-0.05, 0) is 24.3 Å². The Labute approximate surface area is 164 Å². The first-order valence-corrected chi connectivity index (χ1v) is 8.28. The first-order valence-electron chi connectivity index (χ1n) is 7.53. The smallest absolute Gasteiger partial charge is 0.338 e. The number of para-hydroxylation sites is 1. The van der Waals surface area contributed by atoms with Crippen molar-refractivity contribution in [2.24, 2.45) is 0 Å². The maximum atomic E-state index is 13.1. The van der Waals surface area contributed by atoms with Gasteiger partial charge in [0.2, 0.25) is 0 Å². The zero-order valence-corrected chi connectivity index (χ0v) is 15.0. The lowest BCUT2D eigenvalue weighted by Gasteiger charge is -2.15. The van der Waals surface area contributed by atoms with Crippen LogP contribution in [0.4, 0.5) is 37.8 Å². The Morgan fingerprint density at radius 1 is 0.821 bits per heavy atom. The van der Waals surface area contributed by atoms with Crippen LogP contribution in [-0.2, 0) is 12.4 Å². The monoisotopic (exact) mass is 439 g/mol. The van der Waals surface area contributed by atoms with Gasteiger partial charge in [0.15, 0.2) is 5.69 Å². The summed E-state index contributed by atoms with van der Waals surface area (Å²) in [6.45, 7) is 0. The predicted molar refractivity (Wildman–Crippen MR) is 93.3 cm³/mol. The van der Waals surface area contributed by atoms with Gasteiger partial charge in [0.1, 0.15) is 5.82 Å². The fourth-order valence-corrected chi connectivity index (χ4v) is 2.94. The van der Waals surface area contributed by atoms with E-state index in [1.54, 1.807) is 18.2 Å². The molecule has 0 aliphatic rings. The van der Waals surface area contributed by atoms with E-state index in [2.05, 4.69) is 10.4 Å². The van der Waals surface area contributed by atoms with E-state index in [-0.39, 0.29) is 11.5 Å². The third kappa shape index (κ3) is 4.20. The molecule has 1 heterocycles. The van der Waals surface area contributed by atoms with Gasteiger partial charge < -0.3 is 5.32 Å². The summed E-state index contributed by atoms with van der Waals surface area (Å²) in [5.41, 5.74) is -2.17. The summed E-state index contributed by atoms with van der Waals surface area (Å²) in [7, 11) is 0. The third-order valence-corrected chi connectivity index (χ3v) is 4.22. The average Bonchev–Trinajstić information content (AvgIpc) is 3.02. The molecular weight excluding hydrogens is 431 g/mol. The van der Waals surface area contributed by atoms with E-state index in [0.29, 0.717) is 23.9 Å². The van der Waals surface area contributed by atoms with Crippen LogP contribution in [0.1, 0.15) is 11.3 Å². The topological polar surface area (TPSA) is 29.9 Å². The third-order valence-electron chi connectivity index (χ3n) is 3.62. The maximum absolute atomic E-state index is 13.1. The van der Waals surface area contributed by atoms with Crippen LogP contribution in [0.2, 0.25) is 10.0 Å². The molecule has 0 saturated heterocycles. The molecule has 1 aromatic heterocycles. The first-order chi connectivity index (χ1) is 13.0. The molecule has 0 unspecified atom stereocenters. The van der Waals surface area contributed by atoms with Gasteiger partial charge in [-0.1, -0.05) is 41.4 Å². The van der Waals surface area contributed by atoms with Crippen LogP contribution in [0.3, 0.4) is 0 Å². The molecule has 11 heteroatoms. The number of nitrogens with one attached hydrogen (secondary N) is 1. The highest BCUT2D eigenvalue weighted by molar-refractivity contribution is 6.39. The highest BCUT2D eigenvalue weighted by Gasteiger charge is 2.36. The van der Waals surface area contributed by atoms with E-state index >= 15 is 0 Å². The highest BCUT2D eigenvalue weighted by Crippen LogP contribution is 2.40. The highest BCUT2D eigenvalue weighted by atomic mass is 35.5. The predicted octanol–water partition coefficient (Wildman–Crippen LogP) is 6.96. The minimum Gasteiger partial charge on any atom is -0.338 e. The van der Waals surface area contributed by atoms with Crippen LogP contribution in [-0.4, -0.2) is 9.78 Å². The molecule has 3 nitrogen and oxygen atoms in total. The quantitative estimate of drug-likeness (QED) is 0.447. The normalized spacial score (nSPS) is 12.3. The number of benzene rings is 2. The van der Waals surface area contributed by atoms with Gasteiger partial charge >= 0.3 is 12.4 Å². The van der Waals surface area contributed by atoms with Crippen LogP contribution < -0.4 is 5.32 Å². The zero-order valence-electron chi connectivity index (χ0n) is 13.5. The van der Waals surface area contributed by atoms with E-state index in [0.717, 1.165) is 4.68 Å². The summed E-state index contributed by atoms with van der Waals surface area (Å²) in [5, 5.41) is 5.26. The van der Waals surface area contributed by atoms with Crippen LogP contribution in [0.5, 0.6) is 0 Å². The molecule has 0 aliphatic heterocycles. The fourth-order valence-electron chi connectivity index (χ4n) is 2.36. The van der Waals surface area contributed by atoms with Crippen LogP contribution in [0, 0.1) is 0 Å². The second-order valence-electron chi connectivity index (χ2n) is 5.60. The summed E-state index contributed by atoms with van der Waals surface area (Å²) in [6, 6.07) is 9.82. The number of halogens is 8. The molecule has 0 atom stereocenters. The van der Waals surface area contributed by atoms with Gasteiger partial charge in [0, 0.05) is 6.07 Å². The molecule has 3 rings (SSSR count). The molecule has 3 aromatic rings. The van der Waals surface area contributed by atoms with Crippen molar-refractivity contribution >= 4 is 34.7 Å². The molecule has 28 heavy (non-hydrogen) atoms. The Morgan fingerprint density at radius 2 is 1.39 bits per heavy atom. The molecule has 0 fully saturated rings. The summed E-state index contributed by atoms with van der Waals surface area (Å²) in [4.78, 5) is 0. The molecule has 2 aromatic carbocycles. The van der Waals surface area contributed by atoms with Crippen molar-refractivity contribution in [2.45, 2.75) is 12.4 Å². The Kier molecular flexibility index (Phi) is 5.24. The Balaban J connectivity index is 2.09. The van der Waals surface area contributed by atoms with Crippen molar-refractivity contribution in [3.05, 3.63) is 69.8 Å². The molecule has 0 amide bonds. The largest absolute Gasteiger partial charge is 0.435 e. The molecule has 148 valence electrons. The van der Waals surface area contributed by atoms with Gasteiger partial charge in [-0.2, -0.15) is 31.4 Å². The molecule has 0 saturated carbocycles. The fraction of sp³-hybridized carbons (Fsp3) is 0.118. The summed E-state index contributed by atoms with van der Waals surface area (Å²) in [6.07, 6.45) is -9.41. The molecule has 0 bridgehead atoms. The van der Waals surface area contributed by atoms with E-state index in [1.807, 2.05) is 0 Å². The number of hydrogen-bond donors (Lipinski definition) is 1. The number of anilines is 2. The van der Waals surface area contributed by atoms with E-state index in [9.17, 15) is 26.3 Å². The van der Waals surface area contributed by atoms with Crippen LogP contribution in [0.25, 0.3) is 5.69 Å². The second-order valence-corrected chi connectivity index (χ2v) is 6.41. The Bertz CT molecular complexity index is 973. The molecule has 0 spiro atoms. The number of rotatable bonds is 3. The van der Waals surface area contributed by atoms with Crippen LogP contribution >= 0.6 is 23.2 Å². The van der Waals surface area contributed by atoms with Crippen molar-refractivity contribution in [3.8, 4) is 5.69 Å². The number of aromatic nitrogens is 2. The van der Waals surface area contributed by atoms with Gasteiger partial charge in [-0.15, -0.1) is 0 Å². The maximum Gasteiger partial charge on any atom is 0.435 e. The van der Waals surface area contributed by atoms with Gasteiger partial charge in [0.25, 0.3) is 0 Å². The average molecular weight is 440 g/mol. The van der Waals surface area contributed by atoms with Gasteiger partial charge in [-0.3, -0.25) is 0 Å². The van der Waals surface area contributed by atoms with Crippen molar-refractivity contribution < 1.29 is 26.3 Å². The van der Waals surface area contributed by atoms with E-state index < -0.39 is 33.7 Å². The van der Waals surface area contributed by atoms with Crippen molar-refractivity contribution in [1.29, 1.82) is 0 Å². The van der Waals surface area contributed by atoms with Crippen LogP contribution in [0.15, 0.2) is 48.5 Å². The van der Waals surface area contributed by atoms with Crippen molar-refractivity contribution in [2.75, 3.05) is 5.32 Å². The molecule has 1 N–H and O–H groups in total. The summed E-state index contributed by atoms with van der Waals surface area (Å²) < 4.78 is 78.8. The Hall–Kier alpha value is -2.39. The number of hydrogen-bond acceptors (Lipinski definition) is 2. The lowest BCUT2D eigenvalue weighted by Crippen LogP contribution is -2.08. The summed E-state index contributed by atoms with van der Waals surface area (Å²) in [5.74, 6) is -0.179. The minimum atomic E-state index is -4.73. The second kappa shape index (κ2) is 7.21. The molecule has 0 radical (unpaired) electrons. The number of nitrogens with zero attached hydrogens (tertiary/aromatic N) is 2. The lowest BCUT2D eigenvalue weighted by molar-refractivity contribution is -0.141.